The van der Waals surface area contributed by atoms with E-state index in [9.17, 15) is 14.7 Å². The van der Waals surface area contributed by atoms with E-state index in [0.29, 0.717) is 24.7 Å². The van der Waals surface area contributed by atoms with Crippen LogP contribution in [0.1, 0.15) is 58.8 Å². The van der Waals surface area contributed by atoms with Gasteiger partial charge in [0, 0.05) is 24.7 Å². The third-order valence-electron chi connectivity index (χ3n) is 5.69. The molecule has 0 bridgehead atoms. The number of allylic oxidation sites excluding steroid dienone is 3. The molecule has 2 fully saturated rings. The lowest BCUT2D eigenvalue weighted by molar-refractivity contribution is -0.137. The number of aliphatic carboxylic acids is 1. The highest BCUT2D eigenvalue weighted by Gasteiger charge is 2.44. The minimum atomic E-state index is -0.746. The lowest BCUT2D eigenvalue weighted by Crippen LogP contribution is -2.17. The van der Waals surface area contributed by atoms with Gasteiger partial charge in [0.05, 0.1) is 6.10 Å². The largest absolute Gasteiger partial charge is 0.481 e. The Hall–Kier alpha value is -1.86. The van der Waals surface area contributed by atoms with Crippen molar-refractivity contribution in [1.82, 2.24) is 0 Å². The van der Waals surface area contributed by atoms with Crippen LogP contribution in [0.4, 0.5) is 0 Å². The number of carbonyl (C=O) groups excluding carboxylic acids is 1. The maximum absolute atomic E-state index is 12.2. The Morgan fingerprint density at radius 3 is 2.81 bits per heavy atom. The average Bonchev–Trinajstić information content (AvgIpc) is 3.10. The molecule has 142 valence electrons. The zero-order valence-electron chi connectivity index (χ0n) is 15.8. The number of carbonyl (C=O) groups is 2. The van der Waals surface area contributed by atoms with Crippen LogP contribution in [0.15, 0.2) is 23.8 Å². The van der Waals surface area contributed by atoms with Gasteiger partial charge in [-0.3, -0.25) is 9.59 Å². The molecule has 2 saturated carbocycles. The molecule has 5 atom stereocenters. The lowest BCUT2D eigenvalue weighted by Gasteiger charge is -2.17. The number of ketones is 1. The molecule has 0 heterocycles. The molecular formula is C22H30O4. The van der Waals surface area contributed by atoms with Crippen LogP contribution in [-0.4, -0.2) is 28.1 Å². The molecule has 2 N–H and O–H groups in total. The molecule has 0 radical (unpaired) electrons. The topological polar surface area (TPSA) is 74.6 Å². The van der Waals surface area contributed by atoms with Gasteiger partial charge in [-0.15, -0.1) is 11.8 Å². The van der Waals surface area contributed by atoms with Gasteiger partial charge in [0.1, 0.15) is 0 Å². The van der Waals surface area contributed by atoms with Gasteiger partial charge in [0.25, 0.3) is 0 Å². The van der Waals surface area contributed by atoms with Crippen LogP contribution in [0.2, 0.25) is 0 Å². The van der Waals surface area contributed by atoms with Crippen molar-refractivity contribution in [2.24, 2.45) is 23.7 Å². The summed E-state index contributed by atoms with van der Waals surface area (Å²) in [6, 6.07) is 0. The van der Waals surface area contributed by atoms with E-state index in [1.165, 1.54) is 5.57 Å². The number of carboxylic acids is 1. The summed E-state index contributed by atoms with van der Waals surface area (Å²) in [6.45, 7) is 3.66. The van der Waals surface area contributed by atoms with E-state index in [-0.39, 0.29) is 30.1 Å². The number of unbranched alkanes of at least 4 members (excludes halogenated alkanes) is 1. The summed E-state index contributed by atoms with van der Waals surface area (Å²) in [5.41, 5.74) is 1.38. The van der Waals surface area contributed by atoms with Gasteiger partial charge in [0.2, 0.25) is 0 Å². The van der Waals surface area contributed by atoms with E-state index >= 15 is 0 Å². The smallest absolute Gasteiger partial charge is 0.303 e. The normalized spacial score (nSPS) is 30.2. The Morgan fingerprint density at radius 1 is 1.35 bits per heavy atom. The summed E-state index contributed by atoms with van der Waals surface area (Å²) < 4.78 is 0. The number of hydrogen-bond acceptors (Lipinski definition) is 3. The molecule has 4 heteroatoms. The number of aliphatic hydroxyl groups excluding tert-OH is 1. The molecule has 2 aliphatic carbocycles. The van der Waals surface area contributed by atoms with Gasteiger partial charge in [-0.25, -0.2) is 0 Å². The second kappa shape index (κ2) is 9.73. The lowest BCUT2D eigenvalue weighted by atomic mass is 9.89. The van der Waals surface area contributed by atoms with Gasteiger partial charge in [-0.05, 0) is 56.9 Å². The SMILES string of the molecule is CC#CC[C@H](C)C(=O)/C=C/[C@@H]1[C@H]2C/C(=C/CCCC(=O)O)C[C@@H]2C[C@@H]1O. The zero-order chi connectivity index (χ0) is 19.1. The molecule has 2 rings (SSSR count). The maximum Gasteiger partial charge on any atom is 0.303 e. The standard InChI is InChI=1S/C22H30O4/c1-3-4-7-15(2)20(23)11-10-18-19-13-16(8-5-6-9-22(25)26)12-17(19)14-21(18)24/h8,10-11,15,17-19,21,24H,5-7,9,12-14H2,1-2H3,(H,25,26)/b11-10+,16-8+/t15-,17+,18+,19-,21-/m0/s1. The first-order valence-corrected chi connectivity index (χ1v) is 9.61. The van der Waals surface area contributed by atoms with E-state index in [2.05, 4.69) is 17.9 Å². The fraction of sp³-hybridized carbons (Fsp3) is 0.636. The van der Waals surface area contributed by atoms with Crippen molar-refractivity contribution in [3.63, 3.8) is 0 Å². The summed E-state index contributed by atoms with van der Waals surface area (Å²) in [5, 5.41) is 19.1. The van der Waals surface area contributed by atoms with Gasteiger partial charge < -0.3 is 10.2 Å². The molecule has 26 heavy (non-hydrogen) atoms. The van der Waals surface area contributed by atoms with Crippen molar-refractivity contribution in [2.75, 3.05) is 0 Å². The van der Waals surface area contributed by atoms with Crippen LogP contribution in [0.5, 0.6) is 0 Å². The van der Waals surface area contributed by atoms with E-state index in [0.717, 1.165) is 25.7 Å². The highest BCUT2D eigenvalue weighted by molar-refractivity contribution is 5.91. The average molecular weight is 358 g/mol. The Labute approximate surface area is 156 Å². The monoisotopic (exact) mass is 358 g/mol. The van der Waals surface area contributed by atoms with E-state index in [1.54, 1.807) is 13.0 Å². The van der Waals surface area contributed by atoms with Crippen molar-refractivity contribution in [3.8, 4) is 11.8 Å². The molecule has 0 aromatic carbocycles. The predicted molar refractivity (Wildman–Crippen MR) is 101 cm³/mol. The number of hydrogen-bond donors (Lipinski definition) is 2. The number of carboxylic acid groups (broad SMARTS) is 1. The van der Waals surface area contributed by atoms with Crippen LogP contribution in [-0.2, 0) is 9.59 Å². The number of fused-ring (bicyclic) bond motifs is 1. The molecular weight excluding hydrogens is 328 g/mol. The predicted octanol–water partition coefficient (Wildman–Crippen LogP) is 3.75. The van der Waals surface area contributed by atoms with Crippen LogP contribution in [0.25, 0.3) is 0 Å². The Morgan fingerprint density at radius 2 is 2.12 bits per heavy atom. The molecule has 0 aliphatic heterocycles. The Kier molecular flexibility index (Phi) is 7.66. The summed E-state index contributed by atoms with van der Waals surface area (Å²) in [7, 11) is 0. The third-order valence-corrected chi connectivity index (χ3v) is 5.69. The van der Waals surface area contributed by atoms with Crippen molar-refractivity contribution < 1.29 is 19.8 Å². The van der Waals surface area contributed by atoms with E-state index < -0.39 is 5.97 Å². The first-order chi connectivity index (χ1) is 12.4. The Balaban J connectivity index is 1.91. The maximum atomic E-state index is 12.2. The van der Waals surface area contributed by atoms with E-state index in [1.807, 2.05) is 13.0 Å². The molecule has 0 unspecified atom stereocenters. The quantitative estimate of drug-likeness (QED) is 0.300. The zero-order valence-corrected chi connectivity index (χ0v) is 15.8. The molecule has 0 aromatic rings. The molecule has 0 aromatic heterocycles. The Bertz CT molecular complexity index is 634. The minimum absolute atomic E-state index is 0.0401. The highest BCUT2D eigenvalue weighted by Crippen LogP contribution is 2.50. The molecule has 2 aliphatic rings. The van der Waals surface area contributed by atoms with Crippen molar-refractivity contribution in [2.45, 2.75) is 64.9 Å². The molecule has 0 spiro atoms. The molecule has 0 amide bonds. The fourth-order valence-electron chi connectivity index (χ4n) is 4.23. The van der Waals surface area contributed by atoms with Crippen LogP contribution >= 0.6 is 0 Å². The van der Waals surface area contributed by atoms with Crippen LogP contribution in [0.3, 0.4) is 0 Å². The third kappa shape index (κ3) is 5.57. The van der Waals surface area contributed by atoms with Crippen molar-refractivity contribution in [3.05, 3.63) is 23.8 Å². The second-order valence-corrected chi connectivity index (χ2v) is 7.65. The van der Waals surface area contributed by atoms with Crippen molar-refractivity contribution >= 4 is 11.8 Å². The van der Waals surface area contributed by atoms with Gasteiger partial charge in [-0.2, -0.15) is 0 Å². The number of rotatable bonds is 8. The summed E-state index contributed by atoms with van der Waals surface area (Å²) >= 11 is 0. The fourth-order valence-corrected chi connectivity index (χ4v) is 4.23. The first-order valence-electron chi connectivity index (χ1n) is 9.61. The molecule has 0 saturated heterocycles. The second-order valence-electron chi connectivity index (χ2n) is 7.65. The highest BCUT2D eigenvalue weighted by atomic mass is 16.4. The number of aliphatic hydroxyl groups is 1. The first kappa shape index (κ1) is 20.5. The van der Waals surface area contributed by atoms with Crippen LogP contribution < -0.4 is 0 Å². The minimum Gasteiger partial charge on any atom is -0.481 e. The van der Waals surface area contributed by atoms with Gasteiger partial charge >= 0.3 is 5.97 Å². The summed E-state index contributed by atoms with van der Waals surface area (Å²) in [5.74, 6) is 5.88. The van der Waals surface area contributed by atoms with Crippen LogP contribution in [0, 0.1) is 35.5 Å². The van der Waals surface area contributed by atoms with E-state index in [4.69, 9.17) is 5.11 Å². The summed E-state index contributed by atoms with van der Waals surface area (Å²) in [6.07, 6.45) is 10.4. The molecule has 4 nitrogen and oxygen atoms in total. The van der Waals surface area contributed by atoms with Gasteiger partial charge in [-0.1, -0.05) is 24.6 Å². The van der Waals surface area contributed by atoms with Gasteiger partial charge in [0.15, 0.2) is 5.78 Å². The summed E-state index contributed by atoms with van der Waals surface area (Å²) in [4.78, 5) is 22.8. The van der Waals surface area contributed by atoms with Crippen molar-refractivity contribution in [1.29, 1.82) is 0 Å².